The molecule has 1 N–H and O–H groups in total. The molecule has 1 aromatic heterocycles. The summed E-state index contributed by atoms with van der Waals surface area (Å²) >= 11 is 0. The highest BCUT2D eigenvalue weighted by molar-refractivity contribution is 5.90. The van der Waals surface area contributed by atoms with Gasteiger partial charge in [-0.05, 0) is 23.8 Å². The van der Waals surface area contributed by atoms with E-state index in [-0.39, 0.29) is 0 Å². The number of nitrogens with one attached hydrogen (secondary N) is 1. The number of hydrogen-bond donors (Lipinski definition) is 1. The van der Waals surface area contributed by atoms with Crippen LogP contribution < -0.4 is 15.0 Å². The number of para-hydroxylation sites is 2. The van der Waals surface area contributed by atoms with Crippen LogP contribution in [0.15, 0.2) is 78.9 Å². The van der Waals surface area contributed by atoms with Crippen molar-refractivity contribution in [3.8, 4) is 5.75 Å². The fourth-order valence-corrected chi connectivity index (χ4v) is 3.62. The van der Waals surface area contributed by atoms with Crippen molar-refractivity contribution < 1.29 is 4.74 Å². The van der Waals surface area contributed by atoms with E-state index >= 15 is 0 Å². The topological polar surface area (TPSA) is 50.3 Å². The van der Waals surface area contributed by atoms with E-state index in [1.807, 2.05) is 42.5 Å². The van der Waals surface area contributed by atoms with Gasteiger partial charge in [-0.15, -0.1) is 0 Å². The van der Waals surface area contributed by atoms with Crippen LogP contribution in [0.1, 0.15) is 11.1 Å². The molecule has 1 aliphatic heterocycles. The second-order valence-electron chi connectivity index (χ2n) is 7.11. The van der Waals surface area contributed by atoms with Crippen molar-refractivity contribution in [2.45, 2.75) is 13.1 Å². The Kier molecular flexibility index (Phi) is 4.70. The molecule has 0 unspecified atom stereocenters. The molecular formula is C24H22N4O. The standard InChI is InChI=1S/C24H22N4O/c1-2-8-18(9-3-1)16-25-23-20-11-5-6-12-21(20)26-24(27-23)28-14-15-29-22-13-7-4-10-19(22)17-28/h1-13H,14-17H2,(H,25,26,27). The maximum absolute atomic E-state index is 5.91. The Balaban J connectivity index is 1.49. The third kappa shape index (κ3) is 3.72. The van der Waals surface area contributed by atoms with Gasteiger partial charge in [0.2, 0.25) is 5.95 Å². The van der Waals surface area contributed by atoms with E-state index in [1.165, 1.54) is 5.56 Å². The van der Waals surface area contributed by atoms with Crippen LogP contribution in [-0.2, 0) is 13.1 Å². The maximum atomic E-state index is 5.91. The van der Waals surface area contributed by atoms with Gasteiger partial charge < -0.3 is 15.0 Å². The van der Waals surface area contributed by atoms with Crippen molar-refractivity contribution in [3.05, 3.63) is 90.0 Å². The molecule has 0 fully saturated rings. The first-order valence-electron chi connectivity index (χ1n) is 9.87. The van der Waals surface area contributed by atoms with Crippen molar-refractivity contribution >= 4 is 22.7 Å². The molecule has 0 aliphatic carbocycles. The summed E-state index contributed by atoms with van der Waals surface area (Å²) in [6.07, 6.45) is 0. The number of ether oxygens (including phenoxy) is 1. The molecule has 0 bridgehead atoms. The van der Waals surface area contributed by atoms with Crippen molar-refractivity contribution in [1.29, 1.82) is 0 Å². The molecule has 0 saturated heterocycles. The van der Waals surface area contributed by atoms with Crippen LogP contribution in [0.3, 0.4) is 0 Å². The molecule has 0 radical (unpaired) electrons. The molecule has 5 heteroatoms. The second kappa shape index (κ2) is 7.80. The van der Waals surface area contributed by atoms with Gasteiger partial charge in [0, 0.05) is 24.0 Å². The average molecular weight is 382 g/mol. The zero-order valence-corrected chi connectivity index (χ0v) is 16.1. The first kappa shape index (κ1) is 17.5. The van der Waals surface area contributed by atoms with Crippen LogP contribution >= 0.6 is 0 Å². The van der Waals surface area contributed by atoms with E-state index in [9.17, 15) is 0 Å². The second-order valence-corrected chi connectivity index (χ2v) is 7.11. The predicted octanol–water partition coefficient (Wildman–Crippen LogP) is 4.64. The van der Waals surface area contributed by atoms with E-state index in [2.05, 4.69) is 46.6 Å². The molecule has 0 atom stereocenters. The van der Waals surface area contributed by atoms with Crippen molar-refractivity contribution in [2.75, 3.05) is 23.4 Å². The van der Waals surface area contributed by atoms with Gasteiger partial charge in [0.05, 0.1) is 12.1 Å². The van der Waals surface area contributed by atoms with E-state index in [0.717, 1.165) is 47.1 Å². The monoisotopic (exact) mass is 382 g/mol. The van der Waals surface area contributed by atoms with Gasteiger partial charge in [-0.3, -0.25) is 0 Å². The Morgan fingerprint density at radius 3 is 2.59 bits per heavy atom. The third-order valence-corrected chi connectivity index (χ3v) is 5.13. The van der Waals surface area contributed by atoms with Crippen LogP contribution in [0.5, 0.6) is 5.75 Å². The zero-order chi connectivity index (χ0) is 19.5. The Morgan fingerprint density at radius 1 is 0.862 bits per heavy atom. The van der Waals surface area contributed by atoms with Gasteiger partial charge in [0.1, 0.15) is 18.2 Å². The van der Waals surface area contributed by atoms with Crippen LogP contribution in [0, 0.1) is 0 Å². The van der Waals surface area contributed by atoms with Crippen molar-refractivity contribution in [1.82, 2.24) is 9.97 Å². The first-order chi connectivity index (χ1) is 14.4. The number of aromatic nitrogens is 2. The predicted molar refractivity (Wildman–Crippen MR) is 116 cm³/mol. The fourth-order valence-electron chi connectivity index (χ4n) is 3.62. The van der Waals surface area contributed by atoms with E-state index in [4.69, 9.17) is 14.7 Å². The highest BCUT2D eigenvalue weighted by atomic mass is 16.5. The SMILES string of the molecule is c1ccc(CNc2nc(N3CCOc4ccccc4C3)nc3ccccc23)cc1. The van der Waals surface area contributed by atoms with Gasteiger partial charge in [-0.1, -0.05) is 60.7 Å². The summed E-state index contributed by atoms with van der Waals surface area (Å²) in [4.78, 5) is 11.9. The van der Waals surface area contributed by atoms with Gasteiger partial charge >= 0.3 is 0 Å². The van der Waals surface area contributed by atoms with E-state index < -0.39 is 0 Å². The molecule has 2 heterocycles. The minimum atomic E-state index is 0.611. The highest BCUT2D eigenvalue weighted by Gasteiger charge is 2.19. The first-order valence-corrected chi connectivity index (χ1v) is 9.87. The molecule has 29 heavy (non-hydrogen) atoms. The number of benzene rings is 3. The van der Waals surface area contributed by atoms with Gasteiger partial charge in [-0.2, -0.15) is 4.98 Å². The smallest absolute Gasteiger partial charge is 0.228 e. The summed E-state index contributed by atoms with van der Waals surface area (Å²) in [6.45, 7) is 2.80. The van der Waals surface area contributed by atoms with Gasteiger partial charge in [0.15, 0.2) is 0 Å². The van der Waals surface area contributed by atoms with Crippen molar-refractivity contribution in [2.24, 2.45) is 0 Å². The number of rotatable bonds is 4. The largest absolute Gasteiger partial charge is 0.491 e. The average Bonchev–Trinajstić information content (AvgIpc) is 3.00. The Morgan fingerprint density at radius 2 is 1.66 bits per heavy atom. The molecule has 0 saturated carbocycles. The van der Waals surface area contributed by atoms with Crippen LogP contribution in [0.2, 0.25) is 0 Å². The van der Waals surface area contributed by atoms with Crippen molar-refractivity contribution in [3.63, 3.8) is 0 Å². The summed E-state index contributed by atoms with van der Waals surface area (Å²) < 4.78 is 5.91. The molecule has 4 aromatic rings. The quantitative estimate of drug-likeness (QED) is 0.557. The molecular weight excluding hydrogens is 360 g/mol. The Bertz CT molecular complexity index is 1130. The maximum Gasteiger partial charge on any atom is 0.228 e. The summed E-state index contributed by atoms with van der Waals surface area (Å²) in [7, 11) is 0. The lowest BCUT2D eigenvalue weighted by molar-refractivity contribution is 0.331. The lowest BCUT2D eigenvalue weighted by atomic mass is 10.2. The minimum Gasteiger partial charge on any atom is -0.491 e. The van der Waals surface area contributed by atoms with Gasteiger partial charge in [0.25, 0.3) is 0 Å². The number of hydrogen-bond acceptors (Lipinski definition) is 5. The summed E-state index contributed by atoms with van der Waals surface area (Å²) in [5.41, 5.74) is 3.31. The molecule has 0 spiro atoms. The van der Waals surface area contributed by atoms with Gasteiger partial charge in [-0.25, -0.2) is 4.98 Å². The Hall–Kier alpha value is -3.60. The molecule has 5 nitrogen and oxygen atoms in total. The number of nitrogens with zero attached hydrogens (tertiary/aromatic N) is 3. The number of anilines is 2. The van der Waals surface area contributed by atoms with Crippen LogP contribution in [0.4, 0.5) is 11.8 Å². The third-order valence-electron chi connectivity index (χ3n) is 5.13. The Labute approximate surface area is 170 Å². The minimum absolute atomic E-state index is 0.611. The summed E-state index contributed by atoms with van der Waals surface area (Å²) in [5, 5.41) is 4.54. The lowest BCUT2D eigenvalue weighted by Crippen LogP contribution is -2.27. The number of fused-ring (bicyclic) bond motifs is 2. The molecule has 3 aromatic carbocycles. The van der Waals surface area contributed by atoms with Crippen LogP contribution in [-0.4, -0.2) is 23.1 Å². The van der Waals surface area contributed by atoms with E-state index in [1.54, 1.807) is 0 Å². The van der Waals surface area contributed by atoms with E-state index in [0.29, 0.717) is 13.2 Å². The molecule has 144 valence electrons. The lowest BCUT2D eigenvalue weighted by Gasteiger charge is -2.21. The zero-order valence-electron chi connectivity index (χ0n) is 16.1. The molecule has 5 rings (SSSR count). The summed E-state index contributed by atoms with van der Waals surface area (Å²) in [6, 6.07) is 26.7. The summed E-state index contributed by atoms with van der Waals surface area (Å²) in [5.74, 6) is 2.52. The normalized spacial score (nSPS) is 13.4. The molecule has 1 aliphatic rings. The fraction of sp³-hybridized carbons (Fsp3) is 0.167. The highest BCUT2D eigenvalue weighted by Crippen LogP contribution is 2.28. The molecule has 0 amide bonds. The van der Waals surface area contributed by atoms with Crippen LogP contribution in [0.25, 0.3) is 10.9 Å².